The Balaban J connectivity index is 2.07. The van der Waals surface area contributed by atoms with Gasteiger partial charge in [0.25, 0.3) is 0 Å². The van der Waals surface area contributed by atoms with Crippen LogP contribution >= 0.6 is 0 Å². The standard InChI is InChI=1S/C15H15N5OSe/c1-9-2-4-10(5-3-9)6-20-7-11(22-15(17)21)12-13(16)18-8-19-14(12)20/h2-5,7-8H,6H2,1H3,(H2,17,21)(H2,16,18,19). The number of nitrogens with two attached hydrogens (primary N) is 2. The Kier molecular flexibility index (Phi) is 3.83. The summed E-state index contributed by atoms with van der Waals surface area (Å²) in [5.41, 5.74) is 14.4. The van der Waals surface area contributed by atoms with Gasteiger partial charge in [0.05, 0.1) is 0 Å². The van der Waals surface area contributed by atoms with E-state index < -0.39 is 15.0 Å². The fraction of sp³-hybridized carbons (Fsp3) is 0.133. The minimum atomic E-state index is -0.490. The molecule has 1 amide bonds. The summed E-state index contributed by atoms with van der Waals surface area (Å²) in [5, 5.41) is 0.730. The number of hydrogen-bond donors (Lipinski definition) is 2. The number of nitrogens with zero attached hydrogens (tertiary/aromatic N) is 3. The molecule has 2 aromatic heterocycles. The zero-order valence-corrected chi connectivity index (χ0v) is 13.7. The zero-order valence-electron chi connectivity index (χ0n) is 12.0. The van der Waals surface area contributed by atoms with Crippen molar-refractivity contribution < 1.29 is 4.79 Å². The van der Waals surface area contributed by atoms with Gasteiger partial charge < -0.3 is 0 Å². The van der Waals surface area contributed by atoms with Gasteiger partial charge in [0, 0.05) is 0 Å². The summed E-state index contributed by atoms with van der Waals surface area (Å²) in [6, 6.07) is 8.28. The van der Waals surface area contributed by atoms with E-state index in [0.717, 1.165) is 21.1 Å². The van der Waals surface area contributed by atoms with Crippen molar-refractivity contribution in [3.63, 3.8) is 0 Å². The molecule has 0 saturated carbocycles. The minimum absolute atomic E-state index is 0.342. The molecule has 1 aromatic carbocycles. The number of amides is 1. The van der Waals surface area contributed by atoms with Crippen LogP contribution in [0.15, 0.2) is 36.8 Å². The van der Waals surface area contributed by atoms with Gasteiger partial charge in [-0.05, 0) is 0 Å². The number of carbonyl (C=O) groups excluding carboxylic acids is 1. The quantitative estimate of drug-likeness (QED) is 0.672. The van der Waals surface area contributed by atoms with Gasteiger partial charge in [-0.15, -0.1) is 0 Å². The van der Waals surface area contributed by atoms with Crippen LogP contribution in [0.3, 0.4) is 0 Å². The Morgan fingerprint density at radius 3 is 2.68 bits per heavy atom. The van der Waals surface area contributed by atoms with Crippen LogP contribution in [0, 0.1) is 6.92 Å². The summed E-state index contributed by atoms with van der Waals surface area (Å²) in [6.07, 6.45) is 3.34. The molecule has 112 valence electrons. The zero-order chi connectivity index (χ0) is 15.7. The van der Waals surface area contributed by atoms with Gasteiger partial charge in [-0.25, -0.2) is 0 Å². The van der Waals surface area contributed by atoms with E-state index in [1.54, 1.807) is 0 Å². The first-order valence-electron chi connectivity index (χ1n) is 6.66. The first-order chi connectivity index (χ1) is 10.5. The number of hydrogen-bond acceptors (Lipinski definition) is 4. The number of rotatable bonds is 4. The van der Waals surface area contributed by atoms with E-state index in [1.165, 1.54) is 11.9 Å². The van der Waals surface area contributed by atoms with Crippen molar-refractivity contribution in [1.29, 1.82) is 0 Å². The number of anilines is 1. The second-order valence-electron chi connectivity index (χ2n) is 4.99. The molecule has 3 rings (SSSR count). The fourth-order valence-corrected chi connectivity index (χ4v) is 3.76. The van der Waals surface area contributed by atoms with Crippen molar-refractivity contribution >= 4 is 41.1 Å². The third-order valence-electron chi connectivity index (χ3n) is 3.33. The Hall–Kier alpha value is -2.37. The molecule has 6 nitrogen and oxygen atoms in total. The first kappa shape index (κ1) is 14.6. The third kappa shape index (κ3) is 2.81. The van der Waals surface area contributed by atoms with Crippen LogP contribution in [0.25, 0.3) is 11.0 Å². The molecule has 22 heavy (non-hydrogen) atoms. The predicted molar refractivity (Wildman–Crippen MR) is 87.2 cm³/mol. The van der Waals surface area contributed by atoms with Crippen LogP contribution in [-0.4, -0.2) is 34.3 Å². The van der Waals surface area contributed by atoms with Gasteiger partial charge in [0.15, 0.2) is 0 Å². The maximum absolute atomic E-state index is 11.3. The van der Waals surface area contributed by atoms with Crippen LogP contribution in [0.5, 0.6) is 0 Å². The Labute approximate surface area is 133 Å². The normalized spacial score (nSPS) is 11.0. The topological polar surface area (TPSA) is 99.8 Å². The van der Waals surface area contributed by atoms with E-state index in [2.05, 4.69) is 41.2 Å². The number of aryl methyl sites for hydroxylation is 1. The molecule has 0 bridgehead atoms. The summed E-state index contributed by atoms with van der Waals surface area (Å²) in [5.74, 6) is 0.380. The molecule has 3 aromatic rings. The fourth-order valence-electron chi connectivity index (χ4n) is 2.31. The summed E-state index contributed by atoms with van der Waals surface area (Å²) < 4.78 is 2.80. The van der Waals surface area contributed by atoms with Gasteiger partial charge in [0.1, 0.15) is 0 Å². The molecule has 0 fully saturated rings. The number of aromatic nitrogens is 3. The Morgan fingerprint density at radius 2 is 2.00 bits per heavy atom. The second kappa shape index (κ2) is 5.79. The van der Waals surface area contributed by atoms with Crippen molar-refractivity contribution in [3.8, 4) is 0 Å². The van der Waals surface area contributed by atoms with E-state index in [9.17, 15) is 4.79 Å². The monoisotopic (exact) mass is 361 g/mol. The summed E-state index contributed by atoms with van der Waals surface area (Å²) in [7, 11) is 0. The predicted octanol–water partition coefficient (Wildman–Crippen LogP) is 0.778. The molecule has 0 radical (unpaired) electrons. The SMILES string of the molecule is Cc1ccc(Cn2cc([Se]C(N)=O)c3c(N)ncnc32)cc1. The van der Waals surface area contributed by atoms with Crippen LogP contribution < -0.4 is 15.9 Å². The van der Waals surface area contributed by atoms with Gasteiger partial charge in [-0.2, -0.15) is 0 Å². The van der Waals surface area contributed by atoms with Crippen molar-refractivity contribution in [2.75, 3.05) is 5.73 Å². The van der Waals surface area contributed by atoms with Crippen molar-refractivity contribution in [3.05, 3.63) is 47.9 Å². The molecule has 0 atom stereocenters. The van der Waals surface area contributed by atoms with Gasteiger partial charge in [0.2, 0.25) is 0 Å². The third-order valence-corrected chi connectivity index (χ3v) is 4.87. The van der Waals surface area contributed by atoms with Crippen molar-refractivity contribution in [1.82, 2.24) is 14.5 Å². The Morgan fingerprint density at radius 1 is 1.27 bits per heavy atom. The molecular weight excluding hydrogens is 345 g/mol. The van der Waals surface area contributed by atoms with E-state index in [-0.39, 0.29) is 4.81 Å². The summed E-state index contributed by atoms with van der Waals surface area (Å²) in [6.45, 7) is 2.71. The number of primary amides is 1. The van der Waals surface area contributed by atoms with Crippen LogP contribution in [0.4, 0.5) is 10.6 Å². The molecule has 0 unspecified atom stereocenters. The van der Waals surface area contributed by atoms with Gasteiger partial charge in [-0.1, -0.05) is 0 Å². The van der Waals surface area contributed by atoms with Gasteiger partial charge in [-0.3, -0.25) is 0 Å². The number of benzene rings is 1. The maximum atomic E-state index is 11.3. The van der Waals surface area contributed by atoms with Crippen molar-refractivity contribution in [2.45, 2.75) is 13.5 Å². The van der Waals surface area contributed by atoms with Crippen LogP contribution in [0.2, 0.25) is 0 Å². The average Bonchev–Trinajstić information content (AvgIpc) is 2.80. The van der Waals surface area contributed by atoms with Crippen molar-refractivity contribution in [2.24, 2.45) is 5.73 Å². The summed E-state index contributed by atoms with van der Waals surface area (Å²) in [4.78, 5) is 19.3. The molecule has 0 aliphatic carbocycles. The molecular formula is C15H15N5OSe. The first-order valence-corrected chi connectivity index (χ1v) is 8.38. The van der Waals surface area contributed by atoms with E-state index in [1.807, 2.05) is 10.8 Å². The molecule has 0 aliphatic rings. The van der Waals surface area contributed by atoms with Crippen LogP contribution in [0.1, 0.15) is 11.1 Å². The van der Waals surface area contributed by atoms with Gasteiger partial charge >= 0.3 is 133 Å². The molecule has 7 heteroatoms. The number of carbonyl (C=O) groups is 1. The average molecular weight is 360 g/mol. The van der Waals surface area contributed by atoms with E-state index >= 15 is 0 Å². The Bertz CT molecular complexity index is 841. The van der Waals surface area contributed by atoms with E-state index in [0.29, 0.717) is 12.4 Å². The van der Waals surface area contributed by atoms with Crippen LogP contribution in [-0.2, 0) is 6.54 Å². The molecule has 2 heterocycles. The summed E-state index contributed by atoms with van der Waals surface area (Å²) >= 11 is -0.490. The number of nitrogen functional groups attached to an aromatic ring is 1. The molecule has 0 spiro atoms. The second-order valence-corrected chi connectivity index (χ2v) is 7.18. The molecule has 0 aliphatic heterocycles. The molecule has 0 saturated heterocycles. The number of fused-ring (bicyclic) bond motifs is 1. The molecule has 4 N–H and O–H groups in total. The van der Waals surface area contributed by atoms with E-state index in [4.69, 9.17) is 11.5 Å².